The Balaban J connectivity index is 3.96. The standard InChI is InChI=1S/C20H34O7/c1-5-7-9-17(15(3)21)19(23)26-13-11-25-12-14-27-20(24)18(16(4)22)10-8-6-2/h17-18H,5-14H2,1-4H3. The molecule has 0 rings (SSSR count). The lowest BCUT2D eigenvalue weighted by Crippen LogP contribution is -2.26. The summed E-state index contributed by atoms with van der Waals surface area (Å²) in [6.07, 6.45) is 4.39. The second-order valence-corrected chi connectivity index (χ2v) is 6.56. The summed E-state index contributed by atoms with van der Waals surface area (Å²) >= 11 is 0. The Morgan fingerprint density at radius 1 is 0.667 bits per heavy atom. The first-order valence-corrected chi connectivity index (χ1v) is 9.76. The van der Waals surface area contributed by atoms with Crippen molar-refractivity contribution in [1.29, 1.82) is 0 Å². The molecule has 7 heteroatoms. The van der Waals surface area contributed by atoms with E-state index in [9.17, 15) is 19.2 Å². The van der Waals surface area contributed by atoms with Crippen LogP contribution in [0.25, 0.3) is 0 Å². The van der Waals surface area contributed by atoms with Gasteiger partial charge in [-0.25, -0.2) is 0 Å². The van der Waals surface area contributed by atoms with E-state index in [4.69, 9.17) is 14.2 Å². The van der Waals surface area contributed by atoms with Gasteiger partial charge >= 0.3 is 11.9 Å². The van der Waals surface area contributed by atoms with Crippen LogP contribution < -0.4 is 0 Å². The SMILES string of the molecule is CCCCC(C(C)=O)C(=O)OCCOCCOC(=O)C(CCCC)C(C)=O. The number of hydrogen-bond donors (Lipinski definition) is 0. The van der Waals surface area contributed by atoms with E-state index < -0.39 is 23.8 Å². The highest BCUT2D eigenvalue weighted by molar-refractivity contribution is 5.98. The van der Waals surface area contributed by atoms with Crippen LogP contribution in [0, 0.1) is 11.8 Å². The van der Waals surface area contributed by atoms with E-state index in [0.29, 0.717) is 12.8 Å². The Kier molecular flexibility index (Phi) is 14.3. The van der Waals surface area contributed by atoms with Crippen LogP contribution in [-0.4, -0.2) is 49.9 Å². The van der Waals surface area contributed by atoms with Crippen molar-refractivity contribution in [3.8, 4) is 0 Å². The maximum Gasteiger partial charge on any atom is 0.316 e. The summed E-state index contributed by atoms with van der Waals surface area (Å²) < 4.78 is 15.4. The Morgan fingerprint density at radius 3 is 1.33 bits per heavy atom. The van der Waals surface area contributed by atoms with Gasteiger partial charge in [0.15, 0.2) is 0 Å². The Hall–Kier alpha value is -1.76. The molecule has 0 spiro atoms. The van der Waals surface area contributed by atoms with E-state index in [1.165, 1.54) is 13.8 Å². The van der Waals surface area contributed by atoms with Crippen molar-refractivity contribution >= 4 is 23.5 Å². The fourth-order valence-corrected chi connectivity index (χ4v) is 2.50. The van der Waals surface area contributed by atoms with Crippen LogP contribution in [0.2, 0.25) is 0 Å². The van der Waals surface area contributed by atoms with Crippen LogP contribution in [0.3, 0.4) is 0 Å². The third-order valence-electron chi connectivity index (χ3n) is 4.19. The smallest absolute Gasteiger partial charge is 0.316 e. The third kappa shape index (κ3) is 11.5. The van der Waals surface area contributed by atoms with Gasteiger partial charge in [-0.05, 0) is 26.7 Å². The maximum absolute atomic E-state index is 11.9. The molecule has 0 aromatic rings. The molecule has 7 nitrogen and oxygen atoms in total. The molecule has 2 unspecified atom stereocenters. The molecule has 0 heterocycles. The van der Waals surface area contributed by atoms with Crippen LogP contribution in [0.1, 0.15) is 66.2 Å². The monoisotopic (exact) mass is 386 g/mol. The summed E-state index contributed by atoms with van der Waals surface area (Å²) in [6, 6.07) is 0. The molecule has 0 radical (unpaired) electrons. The average Bonchev–Trinajstić information content (AvgIpc) is 2.60. The van der Waals surface area contributed by atoms with Crippen molar-refractivity contribution in [1.82, 2.24) is 0 Å². The van der Waals surface area contributed by atoms with E-state index >= 15 is 0 Å². The molecule has 27 heavy (non-hydrogen) atoms. The summed E-state index contributed by atoms with van der Waals surface area (Å²) in [5.41, 5.74) is 0. The minimum absolute atomic E-state index is 0.0370. The lowest BCUT2D eigenvalue weighted by atomic mass is 9.98. The molecule has 0 amide bonds. The molecule has 0 bridgehead atoms. The predicted molar refractivity (Wildman–Crippen MR) is 100 cm³/mol. The van der Waals surface area contributed by atoms with Crippen molar-refractivity contribution in [3.63, 3.8) is 0 Å². The van der Waals surface area contributed by atoms with Crippen molar-refractivity contribution < 1.29 is 33.4 Å². The molecule has 0 aliphatic heterocycles. The van der Waals surface area contributed by atoms with Crippen LogP contribution in [0.5, 0.6) is 0 Å². The minimum atomic E-state index is -0.711. The van der Waals surface area contributed by atoms with Crippen molar-refractivity contribution in [2.24, 2.45) is 11.8 Å². The van der Waals surface area contributed by atoms with Crippen molar-refractivity contribution in [3.05, 3.63) is 0 Å². The molecular formula is C20H34O7. The highest BCUT2D eigenvalue weighted by Gasteiger charge is 2.25. The molecule has 0 N–H and O–H groups in total. The zero-order chi connectivity index (χ0) is 20.7. The van der Waals surface area contributed by atoms with Crippen LogP contribution in [-0.2, 0) is 33.4 Å². The number of unbranched alkanes of at least 4 members (excludes halogenated alkanes) is 2. The van der Waals surface area contributed by atoms with E-state index in [-0.39, 0.29) is 38.0 Å². The largest absolute Gasteiger partial charge is 0.463 e. The van der Waals surface area contributed by atoms with Gasteiger partial charge in [-0.1, -0.05) is 39.5 Å². The second kappa shape index (κ2) is 15.3. The molecular weight excluding hydrogens is 352 g/mol. The molecule has 0 aliphatic carbocycles. The van der Waals surface area contributed by atoms with Crippen molar-refractivity contribution in [2.45, 2.75) is 66.2 Å². The molecule has 156 valence electrons. The number of rotatable bonds is 16. The first kappa shape index (κ1) is 25.2. The summed E-state index contributed by atoms with van der Waals surface area (Å²) in [4.78, 5) is 46.8. The fourth-order valence-electron chi connectivity index (χ4n) is 2.50. The maximum atomic E-state index is 11.9. The molecule has 0 saturated carbocycles. The van der Waals surface area contributed by atoms with Gasteiger partial charge in [0.25, 0.3) is 0 Å². The quantitative estimate of drug-likeness (QED) is 0.229. The zero-order valence-corrected chi connectivity index (χ0v) is 17.1. The van der Waals surface area contributed by atoms with E-state index in [1.54, 1.807) is 0 Å². The number of carbonyl (C=O) groups excluding carboxylic acids is 4. The number of ketones is 2. The molecule has 0 aromatic heterocycles. The number of esters is 2. The predicted octanol–water partition coefficient (Wildman–Crippen LogP) is 2.88. The van der Waals surface area contributed by atoms with Gasteiger partial charge < -0.3 is 14.2 Å². The first-order valence-electron chi connectivity index (χ1n) is 9.76. The van der Waals surface area contributed by atoms with Gasteiger partial charge in [0.2, 0.25) is 0 Å². The van der Waals surface area contributed by atoms with E-state index in [1.807, 2.05) is 13.8 Å². The average molecular weight is 386 g/mol. The number of ether oxygens (including phenoxy) is 3. The fraction of sp³-hybridized carbons (Fsp3) is 0.800. The first-order chi connectivity index (χ1) is 12.8. The van der Waals surface area contributed by atoms with Gasteiger partial charge in [0.05, 0.1) is 13.2 Å². The van der Waals surface area contributed by atoms with Crippen LogP contribution in [0.4, 0.5) is 0 Å². The Labute approximate surface area is 162 Å². The lowest BCUT2D eigenvalue weighted by Gasteiger charge is -2.14. The van der Waals surface area contributed by atoms with Crippen molar-refractivity contribution in [2.75, 3.05) is 26.4 Å². The van der Waals surface area contributed by atoms with E-state index in [0.717, 1.165) is 25.7 Å². The summed E-state index contributed by atoms with van der Waals surface area (Å²) in [5.74, 6) is -2.85. The third-order valence-corrected chi connectivity index (χ3v) is 4.19. The topological polar surface area (TPSA) is 96.0 Å². The van der Waals surface area contributed by atoms with Gasteiger partial charge in [0, 0.05) is 0 Å². The van der Waals surface area contributed by atoms with Gasteiger partial charge in [-0.15, -0.1) is 0 Å². The molecule has 0 saturated heterocycles. The zero-order valence-electron chi connectivity index (χ0n) is 17.1. The summed E-state index contributed by atoms with van der Waals surface area (Å²) in [6.45, 7) is 7.13. The number of Topliss-reactive ketones (excluding diaryl/α,β-unsaturated/α-hetero) is 2. The summed E-state index contributed by atoms with van der Waals surface area (Å²) in [7, 11) is 0. The highest BCUT2D eigenvalue weighted by atomic mass is 16.6. The number of hydrogen-bond acceptors (Lipinski definition) is 7. The molecule has 0 aromatic carbocycles. The second-order valence-electron chi connectivity index (χ2n) is 6.56. The minimum Gasteiger partial charge on any atom is -0.463 e. The highest BCUT2D eigenvalue weighted by Crippen LogP contribution is 2.13. The Morgan fingerprint density at radius 2 is 1.04 bits per heavy atom. The summed E-state index contributed by atoms with van der Waals surface area (Å²) in [5, 5.41) is 0. The lowest BCUT2D eigenvalue weighted by molar-refractivity contribution is -0.154. The van der Waals surface area contributed by atoms with Crippen LogP contribution >= 0.6 is 0 Å². The number of carbonyl (C=O) groups is 4. The normalized spacial score (nSPS) is 12.9. The van der Waals surface area contributed by atoms with Gasteiger partial charge in [-0.2, -0.15) is 0 Å². The van der Waals surface area contributed by atoms with E-state index in [2.05, 4.69) is 0 Å². The Bertz CT molecular complexity index is 431. The van der Waals surface area contributed by atoms with Gasteiger partial charge in [0.1, 0.15) is 36.6 Å². The van der Waals surface area contributed by atoms with Crippen LogP contribution in [0.15, 0.2) is 0 Å². The molecule has 0 aliphatic rings. The molecule has 0 fully saturated rings. The molecule has 2 atom stereocenters. The van der Waals surface area contributed by atoms with Gasteiger partial charge in [-0.3, -0.25) is 19.2 Å².